The summed E-state index contributed by atoms with van der Waals surface area (Å²) in [4.78, 5) is 14.5. The van der Waals surface area contributed by atoms with E-state index in [1.165, 1.54) is 12.1 Å². The lowest BCUT2D eigenvalue weighted by Crippen LogP contribution is -2.33. The maximum Gasteiger partial charge on any atom is 0.285 e. The summed E-state index contributed by atoms with van der Waals surface area (Å²) in [5, 5.41) is 13.7. The van der Waals surface area contributed by atoms with Crippen LogP contribution in [-0.2, 0) is 11.3 Å². The number of hydrogen-bond donors (Lipinski definition) is 1. The lowest BCUT2D eigenvalue weighted by Gasteiger charge is -2.15. The van der Waals surface area contributed by atoms with Gasteiger partial charge in [-0.15, -0.1) is 0 Å². The van der Waals surface area contributed by atoms with Crippen LogP contribution in [0.15, 0.2) is 29.3 Å². The minimum Gasteiger partial charge on any atom is -0.460 e. The Hall–Kier alpha value is -2.11. The molecular formula is C14H21N3O3. The minimum absolute atomic E-state index is 0.0742. The lowest BCUT2D eigenvalue weighted by atomic mass is 10.2. The Morgan fingerprint density at radius 1 is 1.30 bits per heavy atom. The molecule has 0 atom stereocenters. The zero-order valence-corrected chi connectivity index (χ0v) is 12.3. The van der Waals surface area contributed by atoms with Crippen molar-refractivity contribution in [1.82, 2.24) is 5.32 Å². The van der Waals surface area contributed by atoms with Gasteiger partial charge < -0.3 is 10.1 Å². The third-order valence-corrected chi connectivity index (χ3v) is 2.31. The van der Waals surface area contributed by atoms with Gasteiger partial charge in [0.2, 0.25) is 0 Å². The molecule has 6 nitrogen and oxygen atoms in total. The largest absolute Gasteiger partial charge is 0.460 e. The molecule has 0 aliphatic heterocycles. The number of non-ortho nitro benzene ring substituents is 1. The molecule has 0 spiro atoms. The molecular weight excluding hydrogens is 258 g/mol. The van der Waals surface area contributed by atoms with Crippen LogP contribution in [0.1, 0.15) is 33.3 Å². The topological polar surface area (TPSA) is 76.8 Å². The van der Waals surface area contributed by atoms with E-state index in [9.17, 15) is 10.1 Å². The van der Waals surface area contributed by atoms with Crippen LogP contribution >= 0.6 is 0 Å². The Morgan fingerprint density at radius 3 is 2.35 bits per heavy atom. The van der Waals surface area contributed by atoms with Crippen LogP contribution in [0.5, 0.6) is 0 Å². The van der Waals surface area contributed by atoms with Gasteiger partial charge in [-0.3, -0.25) is 10.1 Å². The third kappa shape index (κ3) is 5.69. The molecule has 0 aromatic heterocycles. The average molecular weight is 279 g/mol. The van der Waals surface area contributed by atoms with Crippen LogP contribution in [-0.4, -0.2) is 23.0 Å². The number of nitro benzene ring substituents is 1. The van der Waals surface area contributed by atoms with Gasteiger partial charge in [0.05, 0.1) is 4.92 Å². The van der Waals surface area contributed by atoms with Gasteiger partial charge in [0.25, 0.3) is 11.7 Å². The average Bonchev–Trinajstić information content (AvgIpc) is 2.35. The summed E-state index contributed by atoms with van der Waals surface area (Å²) < 4.78 is 5.62. The number of benzene rings is 1. The van der Waals surface area contributed by atoms with E-state index in [1.807, 2.05) is 27.7 Å². The Balaban J connectivity index is 2.65. The Labute approximate surface area is 119 Å². The summed E-state index contributed by atoms with van der Waals surface area (Å²) in [6.45, 7) is 8.27. The second kappa shape index (κ2) is 7.47. The zero-order valence-electron chi connectivity index (χ0n) is 12.3. The van der Waals surface area contributed by atoms with Crippen molar-refractivity contribution in [1.29, 1.82) is 0 Å². The van der Waals surface area contributed by atoms with E-state index in [0.717, 1.165) is 5.56 Å². The number of nitro groups is 1. The maximum atomic E-state index is 10.6. The predicted octanol–water partition coefficient (Wildman–Crippen LogP) is 2.87. The first-order valence-electron chi connectivity index (χ1n) is 6.59. The molecule has 110 valence electrons. The van der Waals surface area contributed by atoms with Crippen molar-refractivity contribution in [3.05, 3.63) is 39.9 Å². The smallest absolute Gasteiger partial charge is 0.285 e. The number of nitrogens with one attached hydrogen (secondary N) is 1. The van der Waals surface area contributed by atoms with E-state index in [2.05, 4.69) is 10.3 Å². The van der Waals surface area contributed by atoms with E-state index in [-0.39, 0.29) is 17.8 Å². The van der Waals surface area contributed by atoms with Crippen LogP contribution in [0, 0.1) is 10.1 Å². The normalized spacial score (nSPS) is 11.8. The molecule has 0 heterocycles. The molecule has 0 unspecified atom stereocenters. The number of ether oxygens (including phenoxy) is 1. The first-order chi connectivity index (χ1) is 9.38. The fourth-order valence-electron chi connectivity index (χ4n) is 1.46. The SMILES string of the molecule is CC(C)N=C(NC(C)C)OCc1ccc([N+](=O)[O-])cc1. The van der Waals surface area contributed by atoms with Crippen molar-refractivity contribution in [2.24, 2.45) is 4.99 Å². The Bertz CT molecular complexity index is 467. The lowest BCUT2D eigenvalue weighted by molar-refractivity contribution is -0.384. The second-order valence-electron chi connectivity index (χ2n) is 5.04. The molecule has 0 radical (unpaired) electrons. The van der Waals surface area contributed by atoms with Gasteiger partial charge in [0, 0.05) is 24.2 Å². The molecule has 1 aromatic carbocycles. The van der Waals surface area contributed by atoms with Crippen molar-refractivity contribution in [3.8, 4) is 0 Å². The molecule has 0 aliphatic carbocycles. The standard InChI is InChI=1S/C14H21N3O3/c1-10(2)15-14(16-11(3)4)20-9-12-5-7-13(8-6-12)17(18)19/h5-8,10-11H,9H2,1-4H3,(H,15,16). The summed E-state index contributed by atoms with van der Waals surface area (Å²) in [5.74, 6) is 0. The number of amidine groups is 1. The first kappa shape index (κ1) is 15.9. The quantitative estimate of drug-likeness (QED) is 0.389. The fourth-order valence-corrected chi connectivity index (χ4v) is 1.46. The van der Waals surface area contributed by atoms with Crippen LogP contribution in [0.3, 0.4) is 0 Å². The molecule has 1 aromatic rings. The van der Waals surface area contributed by atoms with Gasteiger partial charge in [-0.05, 0) is 45.4 Å². The Morgan fingerprint density at radius 2 is 1.90 bits per heavy atom. The molecule has 0 aliphatic rings. The Kier molecular flexibility index (Phi) is 5.96. The van der Waals surface area contributed by atoms with Gasteiger partial charge in [0.15, 0.2) is 0 Å². The number of hydrogen-bond acceptors (Lipinski definition) is 4. The third-order valence-electron chi connectivity index (χ3n) is 2.31. The van der Waals surface area contributed by atoms with E-state index < -0.39 is 4.92 Å². The molecule has 1 N–H and O–H groups in total. The predicted molar refractivity (Wildman–Crippen MR) is 78.7 cm³/mol. The van der Waals surface area contributed by atoms with E-state index in [0.29, 0.717) is 12.6 Å². The summed E-state index contributed by atoms with van der Waals surface area (Å²) in [7, 11) is 0. The second-order valence-corrected chi connectivity index (χ2v) is 5.04. The molecule has 0 amide bonds. The molecule has 20 heavy (non-hydrogen) atoms. The van der Waals surface area contributed by atoms with Gasteiger partial charge in [-0.2, -0.15) is 0 Å². The van der Waals surface area contributed by atoms with Gasteiger partial charge >= 0.3 is 0 Å². The van der Waals surface area contributed by atoms with Crippen molar-refractivity contribution in [3.63, 3.8) is 0 Å². The molecule has 1 rings (SSSR count). The van der Waals surface area contributed by atoms with E-state index in [1.54, 1.807) is 12.1 Å². The highest BCUT2D eigenvalue weighted by molar-refractivity contribution is 5.74. The molecule has 0 fully saturated rings. The number of rotatable bonds is 5. The van der Waals surface area contributed by atoms with Crippen molar-refractivity contribution in [2.45, 2.75) is 46.4 Å². The van der Waals surface area contributed by atoms with Gasteiger partial charge in [-0.1, -0.05) is 0 Å². The monoisotopic (exact) mass is 279 g/mol. The highest BCUT2D eigenvalue weighted by atomic mass is 16.6. The van der Waals surface area contributed by atoms with Crippen molar-refractivity contribution >= 4 is 11.7 Å². The van der Waals surface area contributed by atoms with E-state index >= 15 is 0 Å². The summed E-state index contributed by atoms with van der Waals surface area (Å²) in [6.07, 6.45) is 0. The van der Waals surface area contributed by atoms with Crippen LogP contribution in [0.2, 0.25) is 0 Å². The molecule has 6 heteroatoms. The fraction of sp³-hybridized carbons (Fsp3) is 0.500. The van der Waals surface area contributed by atoms with Gasteiger partial charge in [-0.25, -0.2) is 4.99 Å². The highest BCUT2D eigenvalue weighted by Gasteiger charge is 2.07. The summed E-state index contributed by atoms with van der Waals surface area (Å²) in [6, 6.07) is 7.15. The number of aliphatic imine (C=N–C) groups is 1. The maximum absolute atomic E-state index is 10.6. The molecule has 0 saturated heterocycles. The van der Waals surface area contributed by atoms with Crippen LogP contribution in [0.25, 0.3) is 0 Å². The van der Waals surface area contributed by atoms with Crippen LogP contribution in [0.4, 0.5) is 5.69 Å². The minimum atomic E-state index is -0.420. The van der Waals surface area contributed by atoms with Crippen molar-refractivity contribution in [2.75, 3.05) is 0 Å². The van der Waals surface area contributed by atoms with Crippen molar-refractivity contribution < 1.29 is 9.66 Å². The first-order valence-corrected chi connectivity index (χ1v) is 6.59. The van der Waals surface area contributed by atoms with Crippen LogP contribution < -0.4 is 5.32 Å². The summed E-state index contributed by atoms with van der Waals surface area (Å²) >= 11 is 0. The number of nitrogens with zero attached hydrogens (tertiary/aromatic N) is 2. The summed E-state index contributed by atoms with van der Waals surface area (Å²) in [5.41, 5.74) is 0.933. The zero-order chi connectivity index (χ0) is 15.1. The molecule has 0 saturated carbocycles. The van der Waals surface area contributed by atoms with Gasteiger partial charge in [0.1, 0.15) is 6.61 Å². The molecule has 0 bridgehead atoms. The van der Waals surface area contributed by atoms with E-state index in [4.69, 9.17) is 4.74 Å². The highest BCUT2D eigenvalue weighted by Crippen LogP contribution is 2.12.